The fourth-order valence-corrected chi connectivity index (χ4v) is 4.00. The summed E-state index contributed by atoms with van der Waals surface area (Å²) < 4.78 is 22.0. The van der Waals surface area contributed by atoms with E-state index in [2.05, 4.69) is 28.0 Å². The first-order valence-electron chi connectivity index (χ1n) is 10.0. The van der Waals surface area contributed by atoms with Crippen LogP contribution in [0.3, 0.4) is 0 Å². The number of likely N-dealkylation sites (tertiary alicyclic amines) is 1. The van der Waals surface area contributed by atoms with Crippen LogP contribution in [0.1, 0.15) is 29.4 Å². The van der Waals surface area contributed by atoms with Gasteiger partial charge in [-0.3, -0.25) is 4.90 Å². The fraction of sp³-hybridized carbons (Fsp3) is 0.391. The summed E-state index contributed by atoms with van der Waals surface area (Å²) in [6, 6.07) is 12.1. The van der Waals surface area contributed by atoms with Crippen molar-refractivity contribution >= 4 is 0 Å². The van der Waals surface area contributed by atoms with Crippen LogP contribution in [0.25, 0.3) is 11.4 Å². The minimum absolute atomic E-state index is 0.234. The zero-order valence-corrected chi connectivity index (χ0v) is 17.8. The molecule has 0 spiro atoms. The monoisotopic (exact) mass is 409 g/mol. The molecule has 3 aromatic rings. The van der Waals surface area contributed by atoms with Gasteiger partial charge in [0.15, 0.2) is 11.5 Å². The number of hydrogen-bond donors (Lipinski definition) is 0. The van der Waals surface area contributed by atoms with Gasteiger partial charge in [-0.25, -0.2) is 0 Å². The Hall–Kier alpha value is -3.06. The molecule has 7 heteroatoms. The zero-order chi connectivity index (χ0) is 21.1. The van der Waals surface area contributed by atoms with Crippen LogP contribution in [-0.4, -0.2) is 49.5 Å². The average molecular weight is 409 g/mol. The Kier molecular flexibility index (Phi) is 5.90. The normalized spacial score (nSPS) is 16.6. The predicted octanol–water partition coefficient (Wildman–Crippen LogP) is 4.06. The van der Waals surface area contributed by atoms with Gasteiger partial charge in [0.05, 0.1) is 27.2 Å². The van der Waals surface area contributed by atoms with Crippen LogP contribution < -0.4 is 14.2 Å². The molecule has 0 bridgehead atoms. The summed E-state index contributed by atoms with van der Waals surface area (Å²) >= 11 is 0. The van der Waals surface area contributed by atoms with Gasteiger partial charge in [0.25, 0.3) is 0 Å². The minimum Gasteiger partial charge on any atom is -0.493 e. The maximum Gasteiger partial charge on any atom is 0.231 e. The van der Waals surface area contributed by atoms with Crippen molar-refractivity contribution in [2.24, 2.45) is 0 Å². The lowest BCUT2D eigenvalue weighted by Crippen LogP contribution is -2.20. The zero-order valence-electron chi connectivity index (χ0n) is 17.8. The molecule has 1 unspecified atom stereocenters. The van der Waals surface area contributed by atoms with Gasteiger partial charge in [-0.15, -0.1) is 0 Å². The smallest absolute Gasteiger partial charge is 0.231 e. The van der Waals surface area contributed by atoms with Crippen LogP contribution in [0.4, 0.5) is 0 Å². The first-order chi connectivity index (χ1) is 14.6. The van der Waals surface area contributed by atoms with Crippen LogP contribution in [0.15, 0.2) is 40.9 Å². The van der Waals surface area contributed by atoms with Crippen molar-refractivity contribution in [3.8, 4) is 28.6 Å². The van der Waals surface area contributed by atoms with Crippen molar-refractivity contribution in [3.63, 3.8) is 0 Å². The van der Waals surface area contributed by atoms with E-state index < -0.39 is 0 Å². The number of methoxy groups -OCH3 is 3. The molecule has 158 valence electrons. The van der Waals surface area contributed by atoms with Crippen LogP contribution in [-0.2, 0) is 6.54 Å². The number of benzene rings is 2. The molecule has 0 saturated carbocycles. The predicted molar refractivity (Wildman–Crippen MR) is 113 cm³/mol. The highest BCUT2D eigenvalue weighted by atomic mass is 16.5. The second kappa shape index (κ2) is 8.75. The summed E-state index contributed by atoms with van der Waals surface area (Å²) in [6.45, 7) is 4.67. The highest BCUT2D eigenvalue weighted by Gasteiger charge is 2.29. The number of ether oxygens (including phenoxy) is 3. The molecule has 7 nitrogen and oxygen atoms in total. The van der Waals surface area contributed by atoms with E-state index in [1.807, 2.05) is 30.3 Å². The fourth-order valence-electron chi connectivity index (χ4n) is 4.00. The topological polar surface area (TPSA) is 69.9 Å². The molecule has 4 rings (SSSR count). The lowest BCUT2D eigenvalue weighted by atomic mass is 10.1. The van der Waals surface area contributed by atoms with E-state index in [-0.39, 0.29) is 5.92 Å². The summed E-state index contributed by atoms with van der Waals surface area (Å²) in [7, 11) is 4.88. The summed E-state index contributed by atoms with van der Waals surface area (Å²) in [6.07, 6.45) is 0.986. The van der Waals surface area contributed by atoms with Crippen LogP contribution in [0.5, 0.6) is 17.2 Å². The average Bonchev–Trinajstić information content (AvgIpc) is 3.43. The Morgan fingerprint density at radius 2 is 1.80 bits per heavy atom. The van der Waals surface area contributed by atoms with Crippen LogP contribution in [0, 0.1) is 6.92 Å². The molecule has 1 saturated heterocycles. The molecule has 2 aromatic carbocycles. The van der Waals surface area contributed by atoms with E-state index in [1.54, 1.807) is 21.3 Å². The van der Waals surface area contributed by atoms with E-state index in [1.165, 1.54) is 0 Å². The molecule has 0 amide bonds. The van der Waals surface area contributed by atoms with Crippen molar-refractivity contribution < 1.29 is 18.7 Å². The second-order valence-electron chi connectivity index (χ2n) is 7.53. The summed E-state index contributed by atoms with van der Waals surface area (Å²) in [5.74, 6) is 3.55. The summed E-state index contributed by atoms with van der Waals surface area (Å²) in [4.78, 5) is 7.06. The highest BCUT2D eigenvalue weighted by molar-refractivity contribution is 5.59. The molecule has 2 heterocycles. The molecule has 0 aliphatic carbocycles. The van der Waals surface area contributed by atoms with Gasteiger partial charge in [-0.05, 0) is 43.1 Å². The van der Waals surface area contributed by atoms with Crippen molar-refractivity contribution in [3.05, 3.63) is 53.4 Å². The van der Waals surface area contributed by atoms with E-state index in [0.29, 0.717) is 29.0 Å². The molecule has 1 aliphatic heterocycles. The lowest BCUT2D eigenvalue weighted by Gasteiger charge is -2.18. The van der Waals surface area contributed by atoms with Gasteiger partial charge in [-0.2, -0.15) is 4.98 Å². The van der Waals surface area contributed by atoms with E-state index >= 15 is 0 Å². The van der Waals surface area contributed by atoms with Crippen LogP contribution >= 0.6 is 0 Å². The third kappa shape index (κ3) is 3.98. The third-order valence-corrected chi connectivity index (χ3v) is 5.58. The van der Waals surface area contributed by atoms with Crippen molar-refractivity contribution in [1.82, 2.24) is 15.0 Å². The highest BCUT2D eigenvalue weighted by Crippen LogP contribution is 2.39. The molecule has 1 aliphatic rings. The Balaban J connectivity index is 1.46. The number of hydrogen-bond acceptors (Lipinski definition) is 7. The number of aryl methyl sites for hydroxylation is 1. The summed E-state index contributed by atoms with van der Waals surface area (Å²) in [5, 5.41) is 4.21. The van der Waals surface area contributed by atoms with Crippen molar-refractivity contribution in [1.29, 1.82) is 0 Å². The SMILES string of the molecule is COc1cc(CN2CCC(c3nc(-c4ccccc4C)no3)C2)cc(OC)c1OC. The van der Waals surface area contributed by atoms with Gasteiger partial charge in [-0.1, -0.05) is 29.4 Å². The van der Waals surface area contributed by atoms with E-state index in [9.17, 15) is 0 Å². The Labute approximate surface area is 176 Å². The first kappa shape index (κ1) is 20.2. The molecule has 1 aromatic heterocycles. The molecule has 1 atom stereocenters. The molecule has 1 fully saturated rings. The lowest BCUT2D eigenvalue weighted by molar-refractivity contribution is 0.303. The number of aromatic nitrogens is 2. The minimum atomic E-state index is 0.234. The standard InChI is InChI=1S/C23H27N3O4/c1-15-7-5-6-8-18(15)22-24-23(30-25-22)17-9-10-26(14-17)13-16-11-19(27-2)21(29-4)20(12-16)28-3/h5-8,11-12,17H,9-10,13-14H2,1-4H3. The molecule has 0 N–H and O–H groups in total. The van der Waals surface area contributed by atoms with Gasteiger partial charge >= 0.3 is 0 Å². The van der Waals surface area contributed by atoms with Crippen molar-refractivity contribution in [2.75, 3.05) is 34.4 Å². The third-order valence-electron chi connectivity index (χ3n) is 5.58. The largest absolute Gasteiger partial charge is 0.493 e. The molecule has 30 heavy (non-hydrogen) atoms. The van der Waals surface area contributed by atoms with Crippen molar-refractivity contribution in [2.45, 2.75) is 25.8 Å². The van der Waals surface area contributed by atoms with Gasteiger partial charge in [0.1, 0.15) is 0 Å². The van der Waals surface area contributed by atoms with E-state index in [0.717, 1.165) is 42.7 Å². The molecular formula is C23H27N3O4. The van der Waals surface area contributed by atoms with Gasteiger partial charge < -0.3 is 18.7 Å². The Morgan fingerprint density at radius 1 is 1.07 bits per heavy atom. The van der Waals surface area contributed by atoms with Gasteiger partial charge in [0.2, 0.25) is 17.5 Å². The maximum absolute atomic E-state index is 5.62. The Bertz CT molecular complexity index is 992. The molecule has 0 radical (unpaired) electrons. The summed E-state index contributed by atoms with van der Waals surface area (Å²) in [5.41, 5.74) is 3.26. The number of rotatable bonds is 7. The second-order valence-corrected chi connectivity index (χ2v) is 7.53. The van der Waals surface area contributed by atoms with E-state index in [4.69, 9.17) is 18.7 Å². The number of nitrogens with zero attached hydrogens (tertiary/aromatic N) is 3. The molecular weight excluding hydrogens is 382 g/mol. The quantitative estimate of drug-likeness (QED) is 0.583. The van der Waals surface area contributed by atoms with Crippen LogP contribution in [0.2, 0.25) is 0 Å². The Morgan fingerprint density at radius 3 is 2.47 bits per heavy atom. The van der Waals surface area contributed by atoms with Gasteiger partial charge in [0, 0.05) is 18.7 Å². The maximum atomic E-state index is 5.62. The first-order valence-corrected chi connectivity index (χ1v) is 10.0.